The summed E-state index contributed by atoms with van der Waals surface area (Å²) in [6.45, 7) is 3.12. The third-order valence-corrected chi connectivity index (χ3v) is 13.2. The smallest absolute Gasteiger partial charge is 0.477 e. The number of rotatable bonds is 9. The number of allylic oxidation sites excluding steroid dienone is 6. The van der Waals surface area contributed by atoms with Gasteiger partial charge in [-0.25, -0.2) is 32.4 Å². The van der Waals surface area contributed by atoms with Crippen molar-refractivity contribution in [1.82, 2.24) is 19.8 Å². The minimum Gasteiger partial charge on any atom is -0.477 e. The van der Waals surface area contributed by atoms with Crippen LogP contribution >= 0.6 is 0 Å². The van der Waals surface area contributed by atoms with Crippen molar-refractivity contribution in [1.29, 1.82) is 0 Å². The molecule has 59 heavy (non-hydrogen) atoms. The molecule has 0 N–H and O–H groups in total. The maximum atomic E-state index is 18.0. The van der Waals surface area contributed by atoms with Crippen molar-refractivity contribution >= 4 is 22.2 Å². The number of aliphatic imine (C=N–C) groups is 1. The summed E-state index contributed by atoms with van der Waals surface area (Å²) in [7, 11) is 1.45. The SMILES string of the molecule is C#Cc1c(F)ccc2cc(OCOC)cc(C3=C(F)C=C(OC[C@@]45CCCN4C[C@H](F)C5)N4C5=NCN6C7=C5[C@@H](CCCC4=C3F)[C@H](CC7)N6Cc3oc(=O)oc3C)c12. The minimum absolute atomic E-state index is 0.00192. The van der Waals surface area contributed by atoms with Gasteiger partial charge in [0, 0.05) is 60.3 Å². The molecule has 0 radical (unpaired) electrons. The zero-order chi connectivity index (χ0) is 40.7. The normalized spacial score (nSPS) is 26.8. The first kappa shape index (κ1) is 37.9. The Morgan fingerprint density at radius 3 is 2.75 bits per heavy atom. The van der Waals surface area contributed by atoms with Crippen molar-refractivity contribution < 1.29 is 40.6 Å². The van der Waals surface area contributed by atoms with E-state index >= 15 is 13.2 Å². The summed E-state index contributed by atoms with van der Waals surface area (Å²) in [6, 6.07) is 5.78. The van der Waals surface area contributed by atoms with E-state index in [1.165, 1.54) is 31.4 Å². The lowest BCUT2D eigenvalue weighted by Crippen LogP contribution is -2.62. The number of hydrogen-bond donors (Lipinski definition) is 0. The number of fused-ring (bicyclic) bond motifs is 5. The van der Waals surface area contributed by atoms with Gasteiger partial charge in [-0.2, -0.15) is 0 Å². The van der Waals surface area contributed by atoms with E-state index in [0.29, 0.717) is 55.1 Å². The van der Waals surface area contributed by atoms with E-state index in [1.807, 2.05) is 0 Å². The Morgan fingerprint density at radius 1 is 1.08 bits per heavy atom. The number of nitrogens with zero attached hydrogens (tertiary/aromatic N) is 5. The van der Waals surface area contributed by atoms with E-state index in [2.05, 4.69) is 20.8 Å². The van der Waals surface area contributed by atoms with Gasteiger partial charge in [0.05, 0.1) is 28.9 Å². The van der Waals surface area contributed by atoms with Gasteiger partial charge in [0.25, 0.3) is 0 Å². The number of benzene rings is 2. The summed E-state index contributed by atoms with van der Waals surface area (Å²) in [5.41, 5.74) is 0.912. The number of alkyl halides is 1. The van der Waals surface area contributed by atoms with Crippen molar-refractivity contribution in [3.8, 4) is 18.1 Å². The second-order valence-corrected chi connectivity index (χ2v) is 16.4. The number of amidine groups is 1. The third kappa shape index (κ3) is 6.04. The van der Waals surface area contributed by atoms with E-state index in [4.69, 9.17) is 34.5 Å². The van der Waals surface area contributed by atoms with Crippen LogP contribution < -0.4 is 10.6 Å². The highest BCUT2D eigenvalue weighted by atomic mass is 19.1. The van der Waals surface area contributed by atoms with Crippen molar-refractivity contribution in [3.05, 3.63) is 104 Å². The molecule has 2 aromatic carbocycles. The summed E-state index contributed by atoms with van der Waals surface area (Å²) in [5, 5.41) is 4.85. The highest BCUT2D eigenvalue weighted by Gasteiger charge is 2.53. The molecule has 0 amide bonds. The van der Waals surface area contributed by atoms with Gasteiger partial charge < -0.3 is 23.0 Å². The predicted octanol–water partition coefficient (Wildman–Crippen LogP) is 7.73. The highest BCUT2D eigenvalue weighted by molar-refractivity contribution is 6.05. The lowest BCUT2D eigenvalue weighted by Gasteiger charge is -2.57. The van der Waals surface area contributed by atoms with Gasteiger partial charge in [-0.05, 0) is 82.0 Å². The molecule has 4 atom stereocenters. The first-order chi connectivity index (χ1) is 28.6. The van der Waals surface area contributed by atoms with Gasteiger partial charge in [-0.3, -0.25) is 14.8 Å². The van der Waals surface area contributed by atoms with E-state index in [9.17, 15) is 9.18 Å². The van der Waals surface area contributed by atoms with Crippen molar-refractivity contribution in [2.45, 2.75) is 82.6 Å². The second kappa shape index (κ2) is 14.5. The molecule has 7 aliphatic heterocycles. The maximum Gasteiger partial charge on any atom is 0.519 e. The maximum absolute atomic E-state index is 18.0. The Labute approximate surface area is 337 Å². The van der Waals surface area contributed by atoms with Gasteiger partial charge in [-0.15, -0.1) is 6.42 Å². The Hall–Kier alpha value is -5.30. The molecule has 4 fully saturated rings. The van der Waals surface area contributed by atoms with E-state index in [-0.39, 0.29) is 78.7 Å². The summed E-state index contributed by atoms with van der Waals surface area (Å²) >= 11 is 0. The standard InChI is InChI=1S/C44H43F4N5O6/c1-4-28-31(46)10-9-25-15-27(57-23-55-3)16-30(38(25)28)39-32(47)17-37(56-21-44-13-6-14-50(44)19-26(45)18-44)53-35(41(39)48)8-5-7-29-33-11-12-34-40(29)42(53)49-22-52(34)51(33)20-36-24(2)58-43(54)59-36/h1,9-10,15-17,26,29,33H,5-8,11-14,18-23H2,2-3H3/t26-,29+,33+,44+/m1/s1. The van der Waals surface area contributed by atoms with Gasteiger partial charge >= 0.3 is 5.82 Å². The molecule has 1 aromatic heterocycles. The molecule has 1 aliphatic carbocycles. The van der Waals surface area contributed by atoms with E-state index in [0.717, 1.165) is 37.1 Å². The number of hydrogen-bond acceptors (Lipinski definition) is 11. The Balaban J connectivity index is 1.14. The molecule has 11 rings (SSSR count). The average Bonchev–Trinajstić information content (AvgIpc) is 3.83. The lowest BCUT2D eigenvalue weighted by molar-refractivity contribution is -0.105. The monoisotopic (exact) mass is 813 g/mol. The lowest BCUT2D eigenvalue weighted by atomic mass is 9.73. The van der Waals surface area contributed by atoms with Crippen molar-refractivity contribution in [2.24, 2.45) is 10.9 Å². The first-order valence-electron chi connectivity index (χ1n) is 20.2. The van der Waals surface area contributed by atoms with E-state index in [1.54, 1.807) is 17.9 Å². The van der Waals surface area contributed by atoms with Gasteiger partial charge in [0.15, 0.2) is 18.4 Å². The largest absolute Gasteiger partial charge is 0.519 e. The number of ether oxygens (including phenoxy) is 3. The minimum atomic E-state index is -1.02. The topological polar surface area (TPSA) is 96.4 Å². The van der Waals surface area contributed by atoms with Crippen molar-refractivity contribution in [2.75, 3.05) is 40.3 Å². The Morgan fingerprint density at radius 2 is 1.95 bits per heavy atom. The van der Waals surface area contributed by atoms with Crippen LogP contribution in [0.25, 0.3) is 16.3 Å². The fourth-order valence-electron chi connectivity index (χ4n) is 10.7. The zero-order valence-corrected chi connectivity index (χ0v) is 32.8. The number of terminal acetylenes is 1. The Bertz CT molecular complexity index is 2530. The quantitative estimate of drug-likeness (QED) is 0.121. The van der Waals surface area contributed by atoms with Gasteiger partial charge in [0.2, 0.25) is 5.88 Å². The predicted molar refractivity (Wildman–Crippen MR) is 208 cm³/mol. The van der Waals surface area contributed by atoms with Crippen LogP contribution in [-0.4, -0.2) is 83.7 Å². The number of methoxy groups -OCH3 is 1. The van der Waals surface area contributed by atoms with Gasteiger partial charge in [0.1, 0.15) is 48.4 Å². The summed E-state index contributed by atoms with van der Waals surface area (Å²) in [5.74, 6) is 0.654. The summed E-state index contributed by atoms with van der Waals surface area (Å²) < 4.78 is 94.2. The summed E-state index contributed by atoms with van der Waals surface area (Å²) in [4.78, 5) is 20.8. The zero-order valence-electron chi connectivity index (χ0n) is 32.8. The number of hydrazine groups is 1. The molecule has 4 saturated heterocycles. The average molecular weight is 814 g/mol. The van der Waals surface area contributed by atoms with Crippen LogP contribution in [0.15, 0.2) is 83.5 Å². The fraction of sp³-hybridized carbons (Fsp3) is 0.455. The van der Waals surface area contributed by atoms with Crippen LogP contribution in [0, 0.1) is 31.0 Å². The molecular weight excluding hydrogens is 771 g/mol. The van der Waals surface area contributed by atoms with Crippen LogP contribution in [0.4, 0.5) is 17.6 Å². The van der Waals surface area contributed by atoms with Crippen molar-refractivity contribution in [3.63, 3.8) is 0 Å². The van der Waals surface area contributed by atoms with E-state index < -0.39 is 40.6 Å². The fourth-order valence-corrected chi connectivity index (χ4v) is 10.7. The van der Waals surface area contributed by atoms with Crippen LogP contribution in [0.5, 0.6) is 5.75 Å². The number of halogens is 4. The molecule has 0 unspecified atom stereocenters. The van der Waals surface area contributed by atoms with Crippen LogP contribution in [0.2, 0.25) is 0 Å². The third-order valence-electron chi connectivity index (χ3n) is 13.2. The molecular formula is C44H43F4N5O6. The summed E-state index contributed by atoms with van der Waals surface area (Å²) in [6.07, 6.45) is 10.8. The highest BCUT2D eigenvalue weighted by Crippen LogP contribution is 2.52. The van der Waals surface area contributed by atoms with Crippen LogP contribution in [0.3, 0.4) is 0 Å². The van der Waals surface area contributed by atoms with Crippen LogP contribution in [-0.2, 0) is 16.0 Å². The molecule has 0 saturated carbocycles. The van der Waals surface area contributed by atoms with Crippen LogP contribution in [0.1, 0.15) is 74.0 Å². The molecule has 8 aliphatic rings. The van der Waals surface area contributed by atoms with Gasteiger partial charge in [-0.1, -0.05) is 12.0 Å². The molecule has 4 bridgehead atoms. The molecule has 308 valence electrons. The Kier molecular flexibility index (Phi) is 9.30. The number of aryl methyl sites for hydroxylation is 1. The molecule has 0 spiro atoms. The molecule has 15 heteroatoms. The second-order valence-electron chi connectivity index (χ2n) is 16.4. The molecule has 11 nitrogen and oxygen atoms in total. The first-order valence-corrected chi connectivity index (χ1v) is 20.2. The molecule has 3 aromatic rings. The molecule has 8 heterocycles.